The van der Waals surface area contributed by atoms with E-state index in [-0.39, 0.29) is 50.3 Å². The van der Waals surface area contributed by atoms with Crippen LogP contribution in [0.4, 0.5) is 0 Å². The van der Waals surface area contributed by atoms with Gasteiger partial charge in [0.25, 0.3) is 0 Å². The van der Waals surface area contributed by atoms with Crippen LogP contribution in [0.1, 0.15) is 93.6 Å². The lowest BCUT2D eigenvalue weighted by Gasteiger charge is -2.49. The predicted molar refractivity (Wildman–Crippen MR) is 254 cm³/mol. The number of aliphatic hydroxyl groups excluding tert-OH is 3. The van der Waals surface area contributed by atoms with E-state index in [1.54, 1.807) is 46.8 Å². The third-order valence-corrected chi connectivity index (χ3v) is 14.9. The fraction of sp³-hybridized carbons (Fsp3) is 0.706. The summed E-state index contributed by atoms with van der Waals surface area (Å²) in [5, 5.41) is 62.8. The number of Topliss-reactive ketones (excluding diaryl/α,β-unsaturated/α-hetero) is 1. The zero-order valence-electron chi connectivity index (χ0n) is 41.8. The smallest absolute Gasteiger partial charge is 0.311 e. The van der Waals surface area contributed by atoms with Gasteiger partial charge in [-0.25, -0.2) is 0 Å². The molecule has 18 atom stereocenters. The van der Waals surface area contributed by atoms with E-state index < -0.39 is 108 Å². The number of ketones is 1. The highest BCUT2D eigenvalue weighted by atomic mass is 35.5. The molecule has 68 heavy (non-hydrogen) atoms. The van der Waals surface area contributed by atoms with E-state index in [0.717, 1.165) is 16.7 Å². The van der Waals surface area contributed by atoms with Crippen LogP contribution in [0.5, 0.6) is 0 Å². The molecule has 2 aromatic rings. The number of amides is 1. The molecule has 0 bridgehead atoms. The molecule has 0 aromatic heterocycles. The lowest BCUT2D eigenvalue weighted by atomic mass is 9.74. The number of rotatable bonds is 12. The van der Waals surface area contributed by atoms with Crippen molar-refractivity contribution in [1.29, 1.82) is 0 Å². The second-order valence-corrected chi connectivity index (χ2v) is 21.0. The molecule has 3 fully saturated rings. The average molecular weight is 978 g/mol. The van der Waals surface area contributed by atoms with Crippen molar-refractivity contribution in [2.24, 2.45) is 23.7 Å². The normalized spacial score (nSPS) is 40.1. The molecule has 0 aliphatic carbocycles. The van der Waals surface area contributed by atoms with Gasteiger partial charge in [-0.05, 0) is 97.3 Å². The minimum Gasteiger partial charge on any atom is -0.459 e. The van der Waals surface area contributed by atoms with Crippen LogP contribution >= 0.6 is 11.6 Å². The highest BCUT2D eigenvalue weighted by Crippen LogP contribution is 2.41. The maximum atomic E-state index is 14.7. The SMILES string of the molecule is CO[C@]1(C)C[C@H](O[C@H]2[C@H](C)[C@@H](O[C@@H]3O[C@H](C)C[C@H](N(C)C)[C@H]3O)[C@](C)(O)C[C@@H](C)C(=O)[C@H](C)[C@@H](O)[C@](C)(O)[C@@H](CCNC(=O)Cc3ccc(-c4ccc(Cl)cc4)cc3)OC(=O)[C@@H]2C)O[C@@H](C)[C@@H]1O. The summed E-state index contributed by atoms with van der Waals surface area (Å²) >= 11 is 6.05. The van der Waals surface area contributed by atoms with Crippen LogP contribution in [0, 0.1) is 23.7 Å². The molecule has 5 rings (SSSR count). The third kappa shape index (κ3) is 13.0. The van der Waals surface area contributed by atoms with Gasteiger partial charge in [-0.2, -0.15) is 0 Å². The Labute approximate surface area is 406 Å². The highest BCUT2D eigenvalue weighted by Gasteiger charge is 2.53. The van der Waals surface area contributed by atoms with Crippen LogP contribution in [0.15, 0.2) is 48.5 Å². The molecule has 17 heteroatoms. The Morgan fingerprint density at radius 3 is 2.04 bits per heavy atom. The largest absolute Gasteiger partial charge is 0.459 e. The standard InChI is InChI=1S/C51H77ClN2O14/c1-27-25-49(7,61)46(68-48-42(57)37(54(10)11)23-28(2)64-48)30(4)43(67-40-26-50(8,63-12)45(59)32(6)65-40)31(5)47(60)66-38(51(9,62)44(58)29(3)41(27)56)21-22-53-39(55)24-33-13-15-34(16-14-33)35-17-19-36(52)20-18-35/h13-20,27-32,37-38,40,42-46,48,57-59,61-62H,21-26H2,1-12H3,(H,53,55)/t27-,28-,29+,30+,31-,32+,37+,38-,40+,42-,43+,44-,45+,46-,48+,49-,50-,51-/m1/s1. The van der Waals surface area contributed by atoms with Crippen molar-refractivity contribution in [2.45, 2.75) is 179 Å². The molecule has 6 N–H and O–H groups in total. The number of carbonyl (C=O) groups excluding carboxylic acids is 3. The molecule has 3 aliphatic heterocycles. The number of halogens is 1. The van der Waals surface area contributed by atoms with Gasteiger partial charge in [0, 0.05) is 55.3 Å². The van der Waals surface area contributed by atoms with E-state index in [9.17, 15) is 39.9 Å². The van der Waals surface area contributed by atoms with Crippen molar-refractivity contribution in [3.05, 3.63) is 59.1 Å². The van der Waals surface area contributed by atoms with E-state index in [4.69, 9.17) is 40.0 Å². The second-order valence-electron chi connectivity index (χ2n) is 20.6. The van der Waals surface area contributed by atoms with Gasteiger partial charge in [0.15, 0.2) is 12.6 Å². The molecule has 3 saturated heterocycles. The molecule has 0 saturated carbocycles. The van der Waals surface area contributed by atoms with Gasteiger partial charge in [0.2, 0.25) is 5.91 Å². The van der Waals surface area contributed by atoms with Crippen molar-refractivity contribution in [3.63, 3.8) is 0 Å². The van der Waals surface area contributed by atoms with E-state index in [1.165, 1.54) is 27.9 Å². The number of likely N-dealkylation sites (N-methyl/N-ethyl adjacent to an activating group) is 1. The molecule has 16 nitrogen and oxygen atoms in total. The number of hydrogen-bond donors (Lipinski definition) is 6. The van der Waals surface area contributed by atoms with Gasteiger partial charge < -0.3 is 64.2 Å². The summed E-state index contributed by atoms with van der Waals surface area (Å²) in [5.41, 5.74) is -2.54. The predicted octanol–water partition coefficient (Wildman–Crippen LogP) is 4.45. The third-order valence-electron chi connectivity index (χ3n) is 14.7. The van der Waals surface area contributed by atoms with Gasteiger partial charge >= 0.3 is 5.97 Å². The topological polar surface area (TPSA) is 223 Å². The lowest BCUT2D eigenvalue weighted by Crippen LogP contribution is -2.61. The van der Waals surface area contributed by atoms with Gasteiger partial charge in [-0.1, -0.05) is 68.8 Å². The van der Waals surface area contributed by atoms with Crippen molar-refractivity contribution in [2.75, 3.05) is 27.7 Å². The first kappa shape index (κ1) is 55.8. The summed E-state index contributed by atoms with van der Waals surface area (Å²) in [6.07, 6.45) is -11.1. The molecule has 3 aliphatic rings. The number of cyclic esters (lactones) is 1. The summed E-state index contributed by atoms with van der Waals surface area (Å²) in [7, 11) is 5.14. The monoisotopic (exact) mass is 977 g/mol. The van der Waals surface area contributed by atoms with Crippen LogP contribution in [-0.4, -0.2) is 160 Å². The Bertz CT molecular complexity index is 1990. The fourth-order valence-corrected chi connectivity index (χ4v) is 10.4. The maximum absolute atomic E-state index is 14.7. The van der Waals surface area contributed by atoms with Crippen LogP contribution < -0.4 is 5.32 Å². The molecule has 1 amide bonds. The number of nitrogens with one attached hydrogen (secondary N) is 1. The number of esters is 1. The van der Waals surface area contributed by atoms with Gasteiger partial charge in [-0.15, -0.1) is 0 Å². The van der Waals surface area contributed by atoms with Gasteiger partial charge in [0.1, 0.15) is 29.7 Å². The van der Waals surface area contributed by atoms with E-state index >= 15 is 0 Å². The number of nitrogens with zero attached hydrogens (tertiary/aromatic N) is 1. The number of aliphatic hydroxyl groups is 5. The van der Waals surface area contributed by atoms with Crippen molar-refractivity contribution in [1.82, 2.24) is 10.2 Å². The molecule has 382 valence electrons. The fourth-order valence-electron chi connectivity index (χ4n) is 10.3. The summed E-state index contributed by atoms with van der Waals surface area (Å²) in [6, 6.07) is 14.6. The molecule has 0 unspecified atom stereocenters. The summed E-state index contributed by atoms with van der Waals surface area (Å²) in [4.78, 5) is 44.1. The Balaban J connectivity index is 1.47. The number of ether oxygens (including phenoxy) is 6. The van der Waals surface area contributed by atoms with E-state index in [0.29, 0.717) is 11.4 Å². The minimum atomic E-state index is -2.22. The molecular formula is C51H77ClN2O14. The average Bonchev–Trinajstić information content (AvgIpc) is 3.28. The number of hydrogen-bond acceptors (Lipinski definition) is 15. The first-order valence-corrected chi connectivity index (χ1v) is 24.3. The van der Waals surface area contributed by atoms with Crippen molar-refractivity contribution >= 4 is 29.3 Å². The Morgan fingerprint density at radius 1 is 0.853 bits per heavy atom. The first-order valence-electron chi connectivity index (χ1n) is 23.9. The maximum Gasteiger partial charge on any atom is 0.311 e. The summed E-state index contributed by atoms with van der Waals surface area (Å²) in [5.74, 6) is -5.96. The summed E-state index contributed by atoms with van der Waals surface area (Å²) in [6.45, 7) is 14.3. The Hall–Kier alpha value is -3.10. The molecule has 0 radical (unpaired) electrons. The quantitative estimate of drug-likeness (QED) is 0.162. The minimum absolute atomic E-state index is 0.0351. The molecule has 0 spiro atoms. The molecule has 2 aromatic carbocycles. The van der Waals surface area contributed by atoms with Crippen LogP contribution in [0.2, 0.25) is 5.02 Å². The highest BCUT2D eigenvalue weighted by molar-refractivity contribution is 6.30. The number of carbonyl (C=O) groups is 3. The second kappa shape index (κ2) is 23.0. The van der Waals surface area contributed by atoms with Crippen LogP contribution in [0.3, 0.4) is 0 Å². The molecular weight excluding hydrogens is 900 g/mol. The summed E-state index contributed by atoms with van der Waals surface area (Å²) < 4.78 is 37.7. The van der Waals surface area contributed by atoms with Crippen LogP contribution in [0.25, 0.3) is 11.1 Å². The first-order chi connectivity index (χ1) is 31.7. The van der Waals surface area contributed by atoms with Crippen molar-refractivity contribution < 1.29 is 68.3 Å². The van der Waals surface area contributed by atoms with Gasteiger partial charge in [0.05, 0.1) is 54.1 Å². The number of benzene rings is 2. The number of methoxy groups -OCH3 is 1. The van der Waals surface area contributed by atoms with Crippen molar-refractivity contribution in [3.8, 4) is 11.1 Å². The van der Waals surface area contributed by atoms with Gasteiger partial charge in [-0.3, -0.25) is 14.4 Å². The lowest BCUT2D eigenvalue weighted by molar-refractivity contribution is -0.318. The Kier molecular flexibility index (Phi) is 18.9. The Morgan fingerprint density at radius 2 is 1.46 bits per heavy atom. The molecule has 3 heterocycles. The van der Waals surface area contributed by atoms with E-state index in [2.05, 4.69) is 5.32 Å². The zero-order chi connectivity index (χ0) is 50.6. The zero-order valence-corrected chi connectivity index (χ0v) is 42.5. The van der Waals surface area contributed by atoms with Crippen LogP contribution in [-0.2, 0) is 49.2 Å². The van der Waals surface area contributed by atoms with E-state index in [1.807, 2.05) is 62.3 Å².